The molecule has 0 spiro atoms. The Morgan fingerprint density at radius 2 is 2.08 bits per heavy atom. The second kappa shape index (κ2) is 7.43. The summed E-state index contributed by atoms with van der Waals surface area (Å²) in [5.41, 5.74) is 1.84. The van der Waals surface area contributed by atoms with Gasteiger partial charge < -0.3 is 9.84 Å². The van der Waals surface area contributed by atoms with E-state index in [0.717, 1.165) is 16.0 Å². The zero-order chi connectivity index (χ0) is 18.8. The second-order valence-electron chi connectivity index (χ2n) is 5.61. The molecule has 0 saturated heterocycles. The molecule has 0 aliphatic rings. The largest absolute Gasteiger partial charge is 0.506 e. The Kier molecular flexibility index (Phi) is 5.24. The van der Waals surface area contributed by atoms with Gasteiger partial charge in [-0.05, 0) is 47.4 Å². The van der Waals surface area contributed by atoms with Gasteiger partial charge in [-0.2, -0.15) is 9.36 Å². The number of nitrogens with zero attached hydrogens (tertiary/aromatic N) is 4. The maximum absolute atomic E-state index is 12.2. The normalized spacial score (nSPS) is 10.9. The third-order valence-electron chi connectivity index (χ3n) is 3.89. The standard InChI is InChI=1S/C17H17ClN4O3S/c1-10-7-14(23)12(18)8-15(10)25-9-11-13(5-4-6-16(11)26-3)22-17(24)21(2)19-20-22/h4-8,23H,9H2,1-3H3. The van der Waals surface area contributed by atoms with Crippen LogP contribution in [0.4, 0.5) is 0 Å². The summed E-state index contributed by atoms with van der Waals surface area (Å²) in [5.74, 6) is 0.564. The van der Waals surface area contributed by atoms with Gasteiger partial charge >= 0.3 is 5.69 Å². The van der Waals surface area contributed by atoms with E-state index in [2.05, 4.69) is 10.4 Å². The summed E-state index contributed by atoms with van der Waals surface area (Å²) in [4.78, 5) is 13.2. The van der Waals surface area contributed by atoms with Gasteiger partial charge in [0.1, 0.15) is 18.1 Å². The van der Waals surface area contributed by atoms with Crippen molar-refractivity contribution in [2.45, 2.75) is 18.4 Å². The Morgan fingerprint density at radius 1 is 1.31 bits per heavy atom. The van der Waals surface area contributed by atoms with E-state index in [9.17, 15) is 9.90 Å². The van der Waals surface area contributed by atoms with Crippen LogP contribution in [-0.2, 0) is 13.7 Å². The number of hydrogen-bond acceptors (Lipinski definition) is 6. The lowest BCUT2D eigenvalue weighted by Crippen LogP contribution is -2.23. The molecule has 1 heterocycles. The average Bonchev–Trinajstić information content (AvgIpc) is 2.95. The molecule has 0 aliphatic carbocycles. The van der Waals surface area contributed by atoms with E-state index in [1.807, 2.05) is 25.3 Å². The highest BCUT2D eigenvalue weighted by Gasteiger charge is 2.16. The zero-order valence-corrected chi connectivity index (χ0v) is 16.0. The van der Waals surface area contributed by atoms with Crippen LogP contribution in [0.15, 0.2) is 40.0 Å². The van der Waals surface area contributed by atoms with E-state index in [1.54, 1.807) is 37.0 Å². The number of halogens is 1. The fourth-order valence-corrected chi connectivity index (χ4v) is 3.29. The third kappa shape index (κ3) is 3.42. The first kappa shape index (κ1) is 18.3. The molecule has 0 radical (unpaired) electrons. The quantitative estimate of drug-likeness (QED) is 0.672. The number of tetrazole rings is 1. The van der Waals surface area contributed by atoms with Gasteiger partial charge in [-0.1, -0.05) is 17.7 Å². The van der Waals surface area contributed by atoms with Crippen molar-refractivity contribution in [2.75, 3.05) is 6.26 Å². The van der Waals surface area contributed by atoms with Crippen molar-refractivity contribution in [1.82, 2.24) is 19.8 Å². The number of rotatable bonds is 5. The molecule has 3 aromatic rings. The van der Waals surface area contributed by atoms with Gasteiger partial charge in [-0.25, -0.2) is 4.79 Å². The molecule has 3 rings (SSSR count). The summed E-state index contributed by atoms with van der Waals surface area (Å²) in [7, 11) is 1.54. The average molecular weight is 393 g/mol. The smallest absolute Gasteiger partial charge is 0.368 e. The number of phenols is 1. The Labute approximate surface area is 159 Å². The molecule has 0 amide bonds. The number of thioether (sulfide) groups is 1. The van der Waals surface area contributed by atoms with E-state index in [1.165, 1.54) is 9.36 Å². The molecule has 7 nitrogen and oxygen atoms in total. The number of aryl methyl sites for hydroxylation is 2. The fraction of sp³-hybridized carbons (Fsp3) is 0.235. The number of aromatic nitrogens is 4. The van der Waals surface area contributed by atoms with Crippen LogP contribution in [0.1, 0.15) is 11.1 Å². The van der Waals surface area contributed by atoms with Crippen LogP contribution in [0.25, 0.3) is 5.69 Å². The van der Waals surface area contributed by atoms with E-state index >= 15 is 0 Å². The molecule has 26 heavy (non-hydrogen) atoms. The minimum Gasteiger partial charge on any atom is -0.506 e. The van der Waals surface area contributed by atoms with Gasteiger partial charge in [-0.15, -0.1) is 11.8 Å². The third-order valence-corrected chi connectivity index (χ3v) is 5.02. The lowest BCUT2D eigenvalue weighted by atomic mass is 10.1. The van der Waals surface area contributed by atoms with Crippen LogP contribution in [0, 0.1) is 6.92 Å². The molecule has 2 aromatic carbocycles. The van der Waals surface area contributed by atoms with Crippen molar-refractivity contribution >= 4 is 23.4 Å². The van der Waals surface area contributed by atoms with Crippen molar-refractivity contribution < 1.29 is 9.84 Å². The van der Waals surface area contributed by atoms with Crippen LogP contribution >= 0.6 is 23.4 Å². The van der Waals surface area contributed by atoms with Crippen LogP contribution in [0.2, 0.25) is 5.02 Å². The Balaban J connectivity index is 2.01. The lowest BCUT2D eigenvalue weighted by Gasteiger charge is -2.15. The summed E-state index contributed by atoms with van der Waals surface area (Å²) in [5, 5.41) is 17.6. The molecule has 0 aliphatic heterocycles. The van der Waals surface area contributed by atoms with Crippen molar-refractivity contribution in [3.05, 3.63) is 57.0 Å². The SMILES string of the molecule is CSc1cccc(-n2nnn(C)c2=O)c1COc1cc(Cl)c(O)cc1C. The highest BCUT2D eigenvalue weighted by atomic mass is 35.5. The first-order valence-electron chi connectivity index (χ1n) is 7.69. The molecule has 0 bridgehead atoms. The molecule has 0 fully saturated rings. The molecule has 9 heteroatoms. The van der Waals surface area contributed by atoms with Gasteiger partial charge in [-0.3, -0.25) is 0 Å². The van der Waals surface area contributed by atoms with E-state index < -0.39 is 0 Å². The second-order valence-corrected chi connectivity index (χ2v) is 6.87. The molecule has 1 N–H and O–H groups in total. The highest BCUT2D eigenvalue weighted by Crippen LogP contribution is 2.33. The number of ether oxygens (including phenoxy) is 1. The van der Waals surface area contributed by atoms with E-state index in [-0.39, 0.29) is 23.1 Å². The molecule has 0 atom stereocenters. The lowest BCUT2D eigenvalue weighted by molar-refractivity contribution is 0.300. The molecular weight excluding hydrogens is 376 g/mol. The Hall–Kier alpha value is -2.45. The van der Waals surface area contributed by atoms with Gasteiger partial charge in [0.05, 0.1) is 10.7 Å². The summed E-state index contributed by atoms with van der Waals surface area (Å²) < 4.78 is 8.34. The topological polar surface area (TPSA) is 82.2 Å². The van der Waals surface area contributed by atoms with Crippen LogP contribution in [0.5, 0.6) is 11.5 Å². The monoisotopic (exact) mass is 392 g/mol. The minimum atomic E-state index is -0.339. The predicted molar refractivity (Wildman–Crippen MR) is 101 cm³/mol. The zero-order valence-electron chi connectivity index (χ0n) is 14.4. The van der Waals surface area contributed by atoms with Crippen molar-refractivity contribution in [3.8, 4) is 17.2 Å². The van der Waals surface area contributed by atoms with Crippen molar-refractivity contribution in [1.29, 1.82) is 0 Å². The van der Waals surface area contributed by atoms with E-state index in [0.29, 0.717) is 11.4 Å². The minimum absolute atomic E-state index is 0.00725. The number of phenolic OH excluding ortho intramolecular Hbond substituents is 1. The van der Waals surface area contributed by atoms with Crippen molar-refractivity contribution in [3.63, 3.8) is 0 Å². The fourth-order valence-electron chi connectivity index (χ4n) is 2.51. The van der Waals surface area contributed by atoms with Crippen molar-refractivity contribution in [2.24, 2.45) is 7.05 Å². The summed E-state index contributed by atoms with van der Waals surface area (Å²) in [6.07, 6.45) is 1.95. The van der Waals surface area contributed by atoms with Gasteiger partial charge in [0.25, 0.3) is 0 Å². The van der Waals surface area contributed by atoms with Crippen LogP contribution < -0.4 is 10.4 Å². The van der Waals surface area contributed by atoms with Gasteiger partial charge in [0.2, 0.25) is 0 Å². The molecule has 0 unspecified atom stereocenters. The van der Waals surface area contributed by atoms with Gasteiger partial charge in [0, 0.05) is 23.6 Å². The Bertz CT molecular complexity index is 1020. The van der Waals surface area contributed by atoms with E-state index in [4.69, 9.17) is 16.3 Å². The summed E-state index contributed by atoms with van der Waals surface area (Å²) >= 11 is 7.52. The first-order chi connectivity index (χ1) is 12.4. The first-order valence-corrected chi connectivity index (χ1v) is 9.29. The molecule has 136 valence electrons. The molecule has 1 aromatic heterocycles. The number of aromatic hydroxyl groups is 1. The van der Waals surface area contributed by atoms with Crippen LogP contribution in [-0.4, -0.2) is 31.2 Å². The molecule has 0 saturated carbocycles. The Morgan fingerprint density at radius 3 is 2.73 bits per heavy atom. The summed E-state index contributed by atoms with van der Waals surface area (Å²) in [6.45, 7) is 2.03. The maximum Gasteiger partial charge on any atom is 0.368 e. The maximum atomic E-state index is 12.2. The number of hydrogen-bond donors (Lipinski definition) is 1. The highest BCUT2D eigenvalue weighted by molar-refractivity contribution is 7.98. The van der Waals surface area contributed by atoms with Crippen LogP contribution in [0.3, 0.4) is 0 Å². The summed E-state index contributed by atoms with van der Waals surface area (Å²) in [6, 6.07) is 8.72. The number of benzene rings is 2. The predicted octanol–water partition coefficient (Wildman–Crippen LogP) is 2.93. The molecular formula is C17H17ClN4O3S. The van der Waals surface area contributed by atoms with Gasteiger partial charge in [0.15, 0.2) is 0 Å².